The van der Waals surface area contributed by atoms with Crippen LogP contribution < -0.4 is 10.6 Å². The van der Waals surface area contributed by atoms with Crippen molar-refractivity contribution >= 4 is 0 Å². The Morgan fingerprint density at radius 1 is 1.00 bits per heavy atom. The highest BCUT2D eigenvalue weighted by Crippen LogP contribution is 2.08. The second-order valence-corrected chi connectivity index (χ2v) is 5.88. The molecule has 0 spiro atoms. The van der Waals surface area contributed by atoms with Gasteiger partial charge >= 0.3 is 0 Å². The molecule has 0 aliphatic carbocycles. The molecule has 0 fully saturated rings. The molecular formula is C19H33N3. The van der Waals surface area contributed by atoms with Gasteiger partial charge in [-0.3, -0.25) is 4.90 Å². The van der Waals surface area contributed by atoms with Crippen LogP contribution in [0.5, 0.6) is 0 Å². The van der Waals surface area contributed by atoms with Crippen LogP contribution in [0.2, 0.25) is 0 Å². The van der Waals surface area contributed by atoms with Gasteiger partial charge in [-0.25, -0.2) is 0 Å². The average Bonchev–Trinajstić information content (AvgIpc) is 2.56. The molecule has 3 heteroatoms. The molecule has 0 saturated carbocycles. The zero-order valence-corrected chi connectivity index (χ0v) is 14.4. The fraction of sp³-hybridized carbons (Fsp3) is 0.579. The van der Waals surface area contributed by atoms with Crippen LogP contribution in [0.4, 0.5) is 0 Å². The van der Waals surface area contributed by atoms with Crippen LogP contribution in [0, 0.1) is 0 Å². The van der Waals surface area contributed by atoms with Crippen molar-refractivity contribution in [1.29, 1.82) is 0 Å². The van der Waals surface area contributed by atoms with E-state index in [4.69, 9.17) is 0 Å². The maximum Gasteiger partial charge on any atom is 0.0376 e. The Labute approximate surface area is 136 Å². The van der Waals surface area contributed by atoms with Gasteiger partial charge in [-0.05, 0) is 38.4 Å². The van der Waals surface area contributed by atoms with Crippen molar-refractivity contribution in [3.05, 3.63) is 48.2 Å². The normalized spacial score (nSPS) is 10.9. The lowest BCUT2D eigenvalue weighted by molar-refractivity contribution is 0.286. The third-order valence-electron chi connectivity index (χ3n) is 3.98. The van der Waals surface area contributed by atoms with Gasteiger partial charge in [0, 0.05) is 32.4 Å². The fourth-order valence-electron chi connectivity index (χ4n) is 2.55. The summed E-state index contributed by atoms with van der Waals surface area (Å²) in [6, 6.07) is 10.8. The summed E-state index contributed by atoms with van der Waals surface area (Å²) < 4.78 is 0. The van der Waals surface area contributed by atoms with E-state index in [0.717, 1.165) is 31.9 Å². The summed E-state index contributed by atoms with van der Waals surface area (Å²) in [6.45, 7) is 8.26. The molecule has 1 rings (SSSR count). The van der Waals surface area contributed by atoms with Crippen molar-refractivity contribution in [1.82, 2.24) is 15.5 Å². The van der Waals surface area contributed by atoms with Crippen molar-refractivity contribution in [2.24, 2.45) is 0 Å². The van der Waals surface area contributed by atoms with E-state index in [-0.39, 0.29) is 0 Å². The molecule has 0 saturated heterocycles. The van der Waals surface area contributed by atoms with E-state index in [9.17, 15) is 0 Å². The van der Waals surface area contributed by atoms with Gasteiger partial charge in [-0.2, -0.15) is 0 Å². The Balaban J connectivity index is 2.12. The molecule has 0 unspecified atom stereocenters. The molecule has 0 atom stereocenters. The van der Waals surface area contributed by atoms with E-state index in [2.05, 4.69) is 52.4 Å². The molecule has 0 aromatic heterocycles. The Bertz CT molecular complexity index is 389. The zero-order valence-electron chi connectivity index (χ0n) is 14.4. The predicted molar refractivity (Wildman–Crippen MR) is 97.2 cm³/mol. The van der Waals surface area contributed by atoms with Crippen molar-refractivity contribution in [2.75, 3.05) is 40.3 Å². The minimum Gasteiger partial charge on any atom is -0.391 e. The minimum atomic E-state index is 0.947. The van der Waals surface area contributed by atoms with Crippen LogP contribution >= 0.6 is 0 Å². The summed E-state index contributed by atoms with van der Waals surface area (Å²) in [5, 5.41) is 6.37. The number of benzene rings is 1. The molecule has 1 aromatic rings. The van der Waals surface area contributed by atoms with Gasteiger partial charge < -0.3 is 10.6 Å². The van der Waals surface area contributed by atoms with Crippen LogP contribution in [0.1, 0.15) is 31.2 Å². The lowest BCUT2D eigenvalue weighted by Crippen LogP contribution is -2.35. The Morgan fingerprint density at radius 2 is 1.73 bits per heavy atom. The van der Waals surface area contributed by atoms with Gasteiger partial charge in [-0.1, -0.05) is 49.8 Å². The van der Waals surface area contributed by atoms with E-state index in [1.54, 1.807) is 0 Å². The summed E-state index contributed by atoms with van der Waals surface area (Å²) in [7, 11) is 3.96. The molecule has 0 bridgehead atoms. The summed E-state index contributed by atoms with van der Waals surface area (Å²) in [5.41, 5.74) is 2.56. The lowest BCUT2D eigenvalue weighted by atomic mass is 10.1. The largest absolute Gasteiger partial charge is 0.391 e. The number of rotatable bonds is 13. The lowest BCUT2D eigenvalue weighted by Gasteiger charge is -2.23. The first-order valence-corrected chi connectivity index (χ1v) is 8.52. The Morgan fingerprint density at radius 3 is 2.41 bits per heavy atom. The number of nitrogens with zero attached hydrogens (tertiary/aromatic N) is 1. The number of hydrogen-bond donors (Lipinski definition) is 2. The minimum absolute atomic E-state index is 0.947. The first-order valence-electron chi connectivity index (χ1n) is 8.52. The third kappa shape index (κ3) is 8.85. The summed E-state index contributed by atoms with van der Waals surface area (Å²) in [5.74, 6) is 0. The van der Waals surface area contributed by atoms with Gasteiger partial charge in [-0.15, -0.1) is 0 Å². The van der Waals surface area contributed by atoms with Gasteiger partial charge in [0.1, 0.15) is 0 Å². The molecule has 0 radical (unpaired) electrons. The van der Waals surface area contributed by atoms with E-state index >= 15 is 0 Å². The van der Waals surface area contributed by atoms with E-state index in [1.165, 1.54) is 37.7 Å². The second kappa shape index (κ2) is 12.2. The molecule has 124 valence electrons. The first-order chi connectivity index (χ1) is 10.8. The quantitative estimate of drug-likeness (QED) is 0.549. The van der Waals surface area contributed by atoms with Gasteiger partial charge in [0.15, 0.2) is 0 Å². The maximum absolute atomic E-state index is 4.04. The SMILES string of the molecule is C=C(CN(CCCCCCc1ccccc1)CCNC)NC. The van der Waals surface area contributed by atoms with Gasteiger partial charge in [0.05, 0.1) is 0 Å². The molecule has 2 N–H and O–H groups in total. The molecular weight excluding hydrogens is 270 g/mol. The average molecular weight is 303 g/mol. The number of aryl methyl sites for hydroxylation is 1. The van der Waals surface area contributed by atoms with Crippen LogP contribution in [0.25, 0.3) is 0 Å². The van der Waals surface area contributed by atoms with Crippen molar-refractivity contribution < 1.29 is 0 Å². The maximum atomic E-state index is 4.04. The first kappa shape index (κ1) is 18.7. The highest BCUT2D eigenvalue weighted by molar-refractivity contribution is 5.14. The molecule has 0 aliphatic heterocycles. The van der Waals surface area contributed by atoms with Gasteiger partial charge in [0.2, 0.25) is 0 Å². The molecule has 22 heavy (non-hydrogen) atoms. The van der Waals surface area contributed by atoms with Crippen LogP contribution in [-0.2, 0) is 6.42 Å². The molecule has 0 aliphatic rings. The molecule has 0 amide bonds. The molecule has 3 nitrogen and oxygen atoms in total. The highest BCUT2D eigenvalue weighted by Gasteiger charge is 2.05. The van der Waals surface area contributed by atoms with Crippen LogP contribution in [-0.4, -0.2) is 45.2 Å². The zero-order chi connectivity index (χ0) is 16.0. The molecule has 1 aromatic carbocycles. The van der Waals surface area contributed by atoms with Crippen molar-refractivity contribution in [2.45, 2.75) is 32.1 Å². The number of nitrogens with one attached hydrogen (secondary N) is 2. The Kier molecular flexibility index (Phi) is 10.4. The number of unbranched alkanes of at least 4 members (excludes halogenated alkanes) is 3. The van der Waals surface area contributed by atoms with E-state index in [1.807, 2.05) is 14.1 Å². The number of hydrogen-bond acceptors (Lipinski definition) is 3. The smallest absolute Gasteiger partial charge is 0.0376 e. The predicted octanol–water partition coefficient (Wildman–Crippen LogP) is 3.04. The monoisotopic (exact) mass is 303 g/mol. The van der Waals surface area contributed by atoms with Crippen molar-refractivity contribution in [3.63, 3.8) is 0 Å². The van der Waals surface area contributed by atoms with Crippen LogP contribution in [0.3, 0.4) is 0 Å². The molecule has 0 heterocycles. The van der Waals surface area contributed by atoms with Crippen LogP contribution in [0.15, 0.2) is 42.6 Å². The Hall–Kier alpha value is -1.32. The van der Waals surface area contributed by atoms with Gasteiger partial charge in [0.25, 0.3) is 0 Å². The topological polar surface area (TPSA) is 27.3 Å². The van der Waals surface area contributed by atoms with E-state index in [0.29, 0.717) is 0 Å². The summed E-state index contributed by atoms with van der Waals surface area (Å²) in [6.07, 6.45) is 6.41. The summed E-state index contributed by atoms with van der Waals surface area (Å²) in [4.78, 5) is 2.48. The fourth-order valence-corrected chi connectivity index (χ4v) is 2.55. The second-order valence-electron chi connectivity index (χ2n) is 5.88. The standard InChI is InChI=1S/C19H33N3/c1-18(21-3)17-22(16-14-20-2)15-10-5-4-7-11-19-12-8-6-9-13-19/h6,8-9,12-13,20-21H,1,4-5,7,10-11,14-17H2,2-3H3. The van der Waals surface area contributed by atoms with E-state index < -0.39 is 0 Å². The van der Waals surface area contributed by atoms with Crippen molar-refractivity contribution in [3.8, 4) is 0 Å². The summed E-state index contributed by atoms with van der Waals surface area (Å²) >= 11 is 0. The third-order valence-corrected chi connectivity index (χ3v) is 3.98. The highest BCUT2D eigenvalue weighted by atomic mass is 15.1. The number of likely N-dealkylation sites (N-methyl/N-ethyl adjacent to an activating group) is 2.